The fourth-order valence-electron chi connectivity index (χ4n) is 2.16. The summed E-state index contributed by atoms with van der Waals surface area (Å²) in [6.45, 7) is 0.402. The van der Waals surface area contributed by atoms with Crippen LogP contribution in [-0.4, -0.2) is 57.5 Å². The van der Waals surface area contributed by atoms with Crippen LogP contribution in [0.1, 0.15) is 6.42 Å². The molecule has 7 nitrogen and oxygen atoms in total. The molecule has 1 aliphatic rings. The van der Waals surface area contributed by atoms with Gasteiger partial charge in [-0.1, -0.05) is 0 Å². The molecule has 0 radical (unpaired) electrons. The number of nitrogens with one attached hydrogen (secondary N) is 2. The van der Waals surface area contributed by atoms with Gasteiger partial charge in [-0.2, -0.15) is 0 Å². The van der Waals surface area contributed by atoms with E-state index in [1.807, 2.05) is 19.0 Å². The number of amides is 1. The van der Waals surface area contributed by atoms with Crippen molar-refractivity contribution >= 4 is 27.2 Å². The first kappa shape index (κ1) is 15.7. The molecule has 8 heteroatoms. The summed E-state index contributed by atoms with van der Waals surface area (Å²) >= 11 is 0. The first-order valence-corrected chi connectivity index (χ1v) is 8.55. The van der Waals surface area contributed by atoms with Crippen molar-refractivity contribution in [2.75, 3.05) is 42.4 Å². The van der Waals surface area contributed by atoms with Crippen molar-refractivity contribution < 1.29 is 13.2 Å². The van der Waals surface area contributed by atoms with Gasteiger partial charge in [-0.05, 0) is 12.1 Å². The molecule has 2 N–H and O–H groups in total. The summed E-state index contributed by atoms with van der Waals surface area (Å²) in [5.74, 6) is 0.733. The zero-order valence-corrected chi connectivity index (χ0v) is 13.0. The molecule has 1 amide bonds. The van der Waals surface area contributed by atoms with Gasteiger partial charge in [0.25, 0.3) is 0 Å². The maximum atomic E-state index is 11.9. The average molecular weight is 312 g/mol. The third kappa shape index (κ3) is 4.68. The van der Waals surface area contributed by atoms with Crippen LogP contribution in [0.5, 0.6) is 0 Å². The van der Waals surface area contributed by atoms with E-state index in [9.17, 15) is 13.2 Å². The Morgan fingerprint density at radius 2 is 2.24 bits per heavy atom. The number of carbonyl (C=O) groups excluding carboxylic acids is 1. The molecule has 0 aromatic carbocycles. The fourth-order valence-corrected chi connectivity index (χ4v) is 3.60. The molecule has 2 heterocycles. The molecule has 0 bridgehead atoms. The number of hydrogen-bond acceptors (Lipinski definition) is 6. The Morgan fingerprint density at radius 3 is 2.81 bits per heavy atom. The van der Waals surface area contributed by atoms with Crippen molar-refractivity contribution in [2.24, 2.45) is 0 Å². The average Bonchev–Trinajstić information content (AvgIpc) is 2.37. The third-order valence-corrected chi connectivity index (χ3v) is 4.96. The van der Waals surface area contributed by atoms with Crippen LogP contribution in [0.25, 0.3) is 0 Å². The Kier molecular flexibility index (Phi) is 4.79. The number of sulfone groups is 1. The van der Waals surface area contributed by atoms with Crippen LogP contribution in [0.2, 0.25) is 0 Å². The zero-order chi connectivity index (χ0) is 15.5. The molecule has 1 atom stereocenters. The topological polar surface area (TPSA) is 91.4 Å². The summed E-state index contributed by atoms with van der Waals surface area (Å²) in [4.78, 5) is 18.0. The van der Waals surface area contributed by atoms with Crippen molar-refractivity contribution in [3.63, 3.8) is 0 Å². The highest BCUT2D eigenvalue weighted by molar-refractivity contribution is 7.91. The highest BCUT2D eigenvalue weighted by Crippen LogP contribution is 2.13. The van der Waals surface area contributed by atoms with Gasteiger partial charge in [-0.3, -0.25) is 4.79 Å². The summed E-state index contributed by atoms with van der Waals surface area (Å²) < 4.78 is 23.0. The molecule has 1 aromatic heterocycles. The molecule has 1 aromatic rings. The second-order valence-corrected chi connectivity index (χ2v) is 7.55. The largest absolute Gasteiger partial charge is 0.363 e. The van der Waals surface area contributed by atoms with Crippen molar-refractivity contribution in [3.8, 4) is 0 Å². The monoisotopic (exact) mass is 312 g/mol. The normalized spacial score (nSPS) is 20.8. The van der Waals surface area contributed by atoms with Crippen LogP contribution in [0.15, 0.2) is 18.3 Å². The van der Waals surface area contributed by atoms with Crippen molar-refractivity contribution in [1.29, 1.82) is 0 Å². The molecule has 0 saturated carbocycles. The predicted octanol–water partition coefficient (Wildman–Crippen LogP) is -0.137. The van der Waals surface area contributed by atoms with E-state index in [1.165, 1.54) is 0 Å². The minimum atomic E-state index is -3.03. The molecule has 116 valence electrons. The molecule has 1 unspecified atom stereocenters. The van der Waals surface area contributed by atoms with Gasteiger partial charge < -0.3 is 15.5 Å². The van der Waals surface area contributed by atoms with E-state index in [-0.39, 0.29) is 29.9 Å². The molecule has 1 saturated heterocycles. The maximum Gasteiger partial charge on any atom is 0.226 e. The Hall–Kier alpha value is -1.67. The predicted molar refractivity (Wildman–Crippen MR) is 82.3 cm³/mol. The van der Waals surface area contributed by atoms with Gasteiger partial charge >= 0.3 is 0 Å². The first-order chi connectivity index (χ1) is 9.85. The third-order valence-electron chi connectivity index (χ3n) is 3.22. The minimum absolute atomic E-state index is 0.0121. The second kappa shape index (κ2) is 6.40. The Bertz CT molecular complexity index is 598. The van der Waals surface area contributed by atoms with Crippen LogP contribution in [0.4, 0.5) is 11.5 Å². The van der Waals surface area contributed by atoms with Gasteiger partial charge in [0.15, 0.2) is 9.84 Å². The van der Waals surface area contributed by atoms with Gasteiger partial charge in [0.2, 0.25) is 5.91 Å². The Morgan fingerprint density at radius 1 is 1.48 bits per heavy atom. The van der Waals surface area contributed by atoms with E-state index >= 15 is 0 Å². The van der Waals surface area contributed by atoms with E-state index in [1.54, 1.807) is 18.3 Å². The summed E-state index contributed by atoms with van der Waals surface area (Å²) in [7, 11) is 0.743. The summed E-state index contributed by atoms with van der Waals surface area (Å²) in [5.41, 5.74) is 0.601. The summed E-state index contributed by atoms with van der Waals surface area (Å²) in [6, 6.07) is 3.25. The summed E-state index contributed by atoms with van der Waals surface area (Å²) in [6.07, 6.45) is 1.72. The number of pyridine rings is 1. The number of aromatic nitrogens is 1. The van der Waals surface area contributed by atoms with Crippen molar-refractivity contribution in [1.82, 2.24) is 10.3 Å². The van der Waals surface area contributed by atoms with Crippen molar-refractivity contribution in [3.05, 3.63) is 18.3 Å². The SMILES string of the molecule is CN(C)c1ccc(NC(=O)CC2CS(=O)(=O)CCN2)cn1. The number of carbonyl (C=O) groups is 1. The van der Waals surface area contributed by atoms with Crippen LogP contribution in [0.3, 0.4) is 0 Å². The number of rotatable bonds is 4. The zero-order valence-electron chi connectivity index (χ0n) is 12.2. The molecular formula is C13H20N4O3S. The molecular weight excluding hydrogens is 292 g/mol. The Balaban J connectivity index is 1.89. The quantitative estimate of drug-likeness (QED) is 0.804. The van der Waals surface area contributed by atoms with Gasteiger partial charge in [-0.25, -0.2) is 13.4 Å². The fraction of sp³-hybridized carbons (Fsp3) is 0.538. The summed E-state index contributed by atoms with van der Waals surface area (Å²) in [5, 5.41) is 5.78. The second-order valence-electron chi connectivity index (χ2n) is 5.32. The van der Waals surface area contributed by atoms with Gasteiger partial charge in [-0.15, -0.1) is 0 Å². The molecule has 0 aliphatic carbocycles. The highest BCUT2D eigenvalue weighted by atomic mass is 32.2. The number of nitrogens with zero attached hydrogens (tertiary/aromatic N) is 2. The van der Waals surface area contributed by atoms with Crippen LogP contribution < -0.4 is 15.5 Å². The molecule has 1 fully saturated rings. The van der Waals surface area contributed by atoms with Gasteiger partial charge in [0, 0.05) is 33.1 Å². The lowest BCUT2D eigenvalue weighted by Crippen LogP contribution is -2.46. The van der Waals surface area contributed by atoms with Crippen LogP contribution >= 0.6 is 0 Å². The standard InChI is InChI=1S/C13H20N4O3S/c1-17(2)12-4-3-10(8-15-12)16-13(18)7-11-9-21(19,20)6-5-14-11/h3-4,8,11,14H,5-7,9H2,1-2H3,(H,16,18). The number of anilines is 2. The first-order valence-electron chi connectivity index (χ1n) is 6.73. The van der Waals surface area contributed by atoms with Crippen LogP contribution in [-0.2, 0) is 14.6 Å². The van der Waals surface area contributed by atoms with E-state index in [2.05, 4.69) is 15.6 Å². The molecule has 21 heavy (non-hydrogen) atoms. The molecule has 2 rings (SSSR count). The van der Waals surface area contributed by atoms with E-state index in [0.717, 1.165) is 5.82 Å². The number of hydrogen-bond donors (Lipinski definition) is 2. The van der Waals surface area contributed by atoms with E-state index in [4.69, 9.17) is 0 Å². The van der Waals surface area contributed by atoms with E-state index in [0.29, 0.717) is 12.2 Å². The molecule has 0 spiro atoms. The maximum absolute atomic E-state index is 11.9. The minimum Gasteiger partial charge on any atom is -0.363 e. The van der Waals surface area contributed by atoms with Gasteiger partial charge in [0.05, 0.1) is 23.4 Å². The van der Waals surface area contributed by atoms with Crippen LogP contribution in [0, 0.1) is 0 Å². The molecule has 1 aliphatic heterocycles. The lowest BCUT2D eigenvalue weighted by atomic mass is 10.2. The van der Waals surface area contributed by atoms with E-state index < -0.39 is 9.84 Å². The lowest BCUT2D eigenvalue weighted by Gasteiger charge is -2.23. The lowest BCUT2D eigenvalue weighted by molar-refractivity contribution is -0.116. The smallest absolute Gasteiger partial charge is 0.226 e. The highest BCUT2D eigenvalue weighted by Gasteiger charge is 2.25. The Labute approximate surface area is 124 Å². The van der Waals surface area contributed by atoms with Crippen molar-refractivity contribution in [2.45, 2.75) is 12.5 Å². The van der Waals surface area contributed by atoms with Gasteiger partial charge in [0.1, 0.15) is 5.82 Å².